The Morgan fingerprint density at radius 1 is 1.27 bits per heavy atom. The van der Waals surface area contributed by atoms with Crippen LogP contribution in [-0.2, 0) is 6.18 Å². The van der Waals surface area contributed by atoms with Gasteiger partial charge in [-0.2, -0.15) is 18.3 Å². The molecule has 2 saturated heterocycles. The Bertz CT molecular complexity index is 561. The first-order valence-corrected chi connectivity index (χ1v) is 7.40. The summed E-state index contributed by atoms with van der Waals surface area (Å²) in [5.41, 5.74) is -0.873. The monoisotopic (exact) mass is 316 g/mol. The summed E-state index contributed by atoms with van der Waals surface area (Å²) in [6.45, 7) is 3.28. The maximum atomic E-state index is 12.5. The highest BCUT2D eigenvalue weighted by molar-refractivity contribution is 5.92. The van der Waals surface area contributed by atoms with Gasteiger partial charge >= 0.3 is 6.18 Å². The van der Waals surface area contributed by atoms with Gasteiger partial charge in [0, 0.05) is 25.7 Å². The molecule has 0 atom stereocenters. The lowest BCUT2D eigenvalue weighted by Gasteiger charge is -2.39. The van der Waals surface area contributed by atoms with Crippen LogP contribution in [0.1, 0.15) is 35.4 Å². The maximum Gasteiger partial charge on any atom is 0.432 e. The summed E-state index contributed by atoms with van der Waals surface area (Å²) in [7, 11) is 2.09. The van der Waals surface area contributed by atoms with E-state index in [1.807, 2.05) is 5.10 Å². The number of alkyl halides is 3. The smallest absolute Gasteiger partial charge is 0.337 e. The first-order valence-electron chi connectivity index (χ1n) is 7.40. The maximum absolute atomic E-state index is 12.5. The molecule has 1 spiro atoms. The van der Waals surface area contributed by atoms with Crippen molar-refractivity contribution in [2.24, 2.45) is 5.41 Å². The Labute approximate surface area is 126 Å². The number of carbonyl (C=O) groups is 1. The Morgan fingerprint density at radius 3 is 2.41 bits per heavy atom. The van der Waals surface area contributed by atoms with Crippen LogP contribution in [0.3, 0.4) is 0 Å². The van der Waals surface area contributed by atoms with Gasteiger partial charge in [-0.05, 0) is 38.3 Å². The predicted octanol–water partition coefficient (Wildman–Crippen LogP) is 1.99. The highest BCUT2D eigenvalue weighted by atomic mass is 19.4. The van der Waals surface area contributed by atoms with Crippen molar-refractivity contribution in [1.82, 2.24) is 20.0 Å². The molecule has 122 valence electrons. The zero-order valence-corrected chi connectivity index (χ0v) is 12.4. The molecule has 0 bridgehead atoms. The van der Waals surface area contributed by atoms with Crippen molar-refractivity contribution in [3.8, 4) is 0 Å². The number of piperidine rings is 1. The van der Waals surface area contributed by atoms with Gasteiger partial charge in [-0.25, -0.2) is 0 Å². The second kappa shape index (κ2) is 5.26. The number of carbonyl (C=O) groups excluding carboxylic acids is 1. The lowest BCUT2D eigenvalue weighted by atomic mass is 9.78. The zero-order chi connectivity index (χ0) is 16.0. The predicted molar refractivity (Wildman–Crippen MR) is 73.3 cm³/mol. The number of hydrogen-bond donors (Lipinski definition) is 1. The molecule has 8 heteroatoms. The molecule has 22 heavy (non-hydrogen) atoms. The van der Waals surface area contributed by atoms with Crippen LogP contribution in [0.15, 0.2) is 6.07 Å². The number of likely N-dealkylation sites (tertiary alicyclic amines) is 2. The van der Waals surface area contributed by atoms with Gasteiger partial charge in [0.25, 0.3) is 5.91 Å². The molecule has 2 fully saturated rings. The third-order valence-electron chi connectivity index (χ3n) is 4.84. The summed E-state index contributed by atoms with van der Waals surface area (Å²) in [4.78, 5) is 16.2. The third kappa shape index (κ3) is 2.84. The van der Waals surface area contributed by atoms with Gasteiger partial charge in [0.2, 0.25) is 0 Å². The van der Waals surface area contributed by atoms with Crippen LogP contribution in [-0.4, -0.2) is 59.1 Å². The number of halogens is 3. The molecule has 2 aliphatic heterocycles. The first kappa shape index (κ1) is 15.3. The number of H-pyrrole nitrogens is 1. The van der Waals surface area contributed by atoms with Crippen molar-refractivity contribution in [1.29, 1.82) is 0 Å². The van der Waals surface area contributed by atoms with Gasteiger partial charge < -0.3 is 9.80 Å². The molecule has 2 aliphatic rings. The molecule has 1 N–H and O–H groups in total. The molecule has 0 aliphatic carbocycles. The number of nitrogens with zero attached hydrogens (tertiary/aromatic N) is 3. The number of nitrogens with one attached hydrogen (secondary N) is 1. The van der Waals surface area contributed by atoms with Crippen molar-refractivity contribution >= 4 is 5.91 Å². The average Bonchev–Trinajstić information content (AvgIpc) is 3.06. The molecule has 0 saturated carbocycles. The Kier molecular flexibility index (Phi) is 3.66. The summed E-state index contributed by atoms with van der Waals surface area (Å²) < 4.78 is 37.6. The van der Waals surface area contributed by atoms with Crippen LogP contribution in [0.5, 0.6) is 0 Å². The van der Waals surface area contributed by atoms with E-state index in [4.69, 9.17) is 0 Å². The lowest BCUT2D eigenvalue weighted by molar-refractivity contribution is -0.141. The van der Waals surface area contributed by atoms with E-state index in [-0.39, 0.29) is 11.1 Å². The molecule has 1 aromatic rings. The van der Waals surface area contributed by atoms with E-state index in [0.717, 1.165) is 38.4 Å². The summed E-state index contributed by atoms with van der Waals surface area (Å²) in [5.74, 6) is -0.423. The molecular weight excluding hydrogens is 297 g/mol. The van der Waals surface area contributed by atoms with Crippen molar-refractivity contribution in [3.63, 3.8) is 0 Å². The van der Waals surface area contributed by atoms with E-state index in [0.29, 0.717) is 13.1 Å². The fourth-order valence-electron chi connectivity index (χ4n) is 3.49. The number of aromatic amines is 1. The summed E-state index contributed by atoms with van der Waals surface area (Å²) in [6, 6.07) is 0.788. The van der Waals surface area contributed by atoms with Gasteiger partial charge in [0.15, 0.2) is 5.69 Å². The van der Waals surface area contributed by atoms with Crippen molar-refractivity contribution in [2.75, 3.05) is 33.2 Å². The Morgan fingerprint density at radius 2 is 1.91 bits per heavy atom. The van der Waals surface area contributed by atoms with E-state index in [1.165, 1.54) is 0 Å². The van der Waals surface area contributed by atoms with E-state index >= 15 is 0 Å². The molecule has 0 unspecified atom stereocenters. The van der Waals surface area contributed by atoms with Gasteiger partial charge in [0.05, 0.1) is 0 Å². The minimum absolute atomic E-state index is 0.160. The Balaban J connectivity index is 1.64. The van der Waals surface area contributed by atoms with E-state index < -0.39 is 17.8 Å². The van der Waals surface area contributed by atoms with Gasteiger partial charge in [-0.1, -0.05) is 0 Å². The summed E-state index contributed by atoms with van der Waals surface area (Å²) in [5, 5.41) is 5.41. The average molecular weight is 316 g/mol. The second-order valence-corrected chi connectivity index (χ2v) is 6.44. The van der Waals surface area contributed by atoms with Crippen molar-refractivity contribution in [3.05, 3.63) is 17.5 Å². The largest absolute Gasteiger partial charge is 0.432 e. The van der Waals surface area contributed by atoms with E-state index in [9.17, 15) is 18.0 Å². The highest BCUT2D eigenvalue weighted by Gasteiger charge is 2.41. The van der Waals surface area contributed by atoms with Crippen LogP contribution in [0.2, 0.25) is 0 Å². The van der Waals surface area contributed by atoms with Crippen molar-refractivity contribution in [2.45, 2.75) is 25.4 Å². The molecule has 1 aromatic heterocycles. The molecule has 0 radical (unpaired) electrons. The summed E-state index contributed by atoms with van der Waals surface area (Å²) >= 11 is 0. The van der Waals surface area contributed by atoms with E-state index in [2.05, 4.69) is 17.0 Å². The fraction of sp³-hybridized carbons (Fsp3) is 0.714. The quantitative estimate of drug-likeness (QED) is 0.862. The van der Waals surface area contributed by atoms with Gasteiger partial charge in [-0.15, -0.1) is 0 Å². The normalized spacial score (nSPS) is 22.5. The van der Waals surface area contributed by atoms with Crippen LogP contribution < -0.4 is 0 Å². The SMILES string of the molecule is CN1CCC2(CCN(C(=O)c3cc(C(F)(F)F)[nH]n3)CC2)C1. The molecule has 5 nitrogen and oxygen atoms in total. The van der Waals surface area contributed by atoms with E-state index in [1.54, 1.807) is 4.90 Å². The second-order valence-electron chi connectivity index (χ2n) is 6.44. The number of aromatic nitrogens is 2. The van der Waals surface area contributed by atoms with Crippen LogP contribution in [0.4, 0.5) is 13.2 Å². The first-order chi connectivity index (χ1) is 10.3. The van der Waals surface area contributed by atoms with Gasteiger partial charge in [0.1, 0.15) is 5.69 Å². The Hall–Kier alpha value is -1.57. The fourth-order valence-corrected chi connectivity index (χ4v) is 3.49. The minimum atomic E-state index is -4.51. The number of amides is 1. The molecule has 3 heterocycles. The number of rotatable bonds is 1. The van der Waals surface area contributed by atoms with Crippen LogP contribution >= 0.6 is 0 Å². The topological polar surface area (TPSA) is 52.2 Å². The zero-order valence-electron chi connectivity index (χ0n) is 12.4. The summed E-state index contributed by atoms with van der Waals surface area (Å²) in [6.07, 6.45) is -1.57. The third-order valence-corrected chi connectivity index (χ3v) is 4.84. The van der Waals surface area contributed by atoms with Crippen LogP contribution in [0, 0.1) is 5.41 Å². The molecule has 3 rings (SSSR count). The lowest BCUT2D eigenvalue weighted by Crippen LogP contribution is -2.44. The molecule has 0 aromatic carbocycles. The minimum Gasteiger partial charge on any atom is -0.337 e. The number of hydrogen-bond acceptors (Lipinski definition) is 3. The molecule has 1 amide bonds. The highest BCUT2D eigenvalue weighted by Crippen LogP contribution is 2.40. The standard InChI is InChI=1S/C14H19F3N4O/c1-20-5-2-13(9-20)3-6-21(7-4-13)12(22)10-8-11(19-18-10)14(15,16)17/h8H,2-7,9H2,1H3,(H,18,19). The molecular formula is C14H19F3N4O. The van der Waals surface area contributed by atoms with Crippen molar-refractivity contribution < 1.29 is 18.0 Å². The van der Waals surface area contributed by atoms with Crippen LogP contribution in [0.25, 0.3) is 0 Å². The van der Waals surface area contributed by atoms with Gasteiger partial charge in [-0.3, -0.25) is 9.89 Å².